The Kier molecular flexibility index (Phi) is 6.25. The van der Waals surface area contributed by atoms with E-state index in [9.17, 15) is 4.79 Å². The summed E-state index contributed by atoms with van der Waals surface area (Å²) in [7, 11) is 1.51. The Hall–Kier alpha value is -1.84. The first-order chi connectivity index (χ1) is 10.3. The van der Waals surface area contributed by atoms with E-state index in [-0.39, 0.29) is 5.91 Å². The Bertz CT molecular complexity index is 460. The number of nitrogens with one attached hydrogen (secondary N) is 1. The quantitative estimate of drug-likeness (QED) is 0.681. The number of carbonyl (C=O) groups excluding carboxylic acids is 1. The smallest absolute Gasteiger partial charge is 0.251 e. The van der Waals surface area contributed by atoms with E-state index < -0.39 is 0 Å². The van der Waals surface area contributed by atoms with Crippen molar-refractivity contribution >= 4 is 12.1 Å². The number of hydrogen-bond acceptors (Lipinski definition) is 3. The Morgan fingerprint density at radius 1 is 1.14 bits per heavy atom. The highest BCUT2D eigenvalue weighted by Crippen LogP contribution is 2.17. The predicted octanol–water partition coefficient (Wildman–Crippen LogP) is 3.51. The van der Waals surface area contributed by atoms with Crippen LogP contribution < -0.4 is 5.32 Å². The van der Waals surface area contributed by atoms with Crippen molar-refractivity contribution in [2.75, 3.05) is 7.11 Å². The Balaban J connectivity index is 1.91. The first kappa shape index (κ1) is 15.5. The van der Waals surface area contributed by atoms with E-state index in [4.69, 9.17) is 0 Å². The monoisotopic (exact) mass is 288 g/mol. The number of nitrogens with zero attached hydrogens (tertiary/aromatic N) is 1. The molecule has 1 aliphatic carbocycles. The lowest BCUT2D eigenvalue weighted by Gasteiger charge is -2.21. The number of oxime groups is 1. The maximum Gasteiger partial charge on any atom is 0.251 e. The lowest BCUT2D eigenvalue weighted by atomic mass is 9.96. The van der Waals surface area contributed by atoms with Gasteiger partial charge in [-0.2, -0.15) is 0 Å². The van der Waals surface area contributed by atoms with E-state index in [0.717, 1.165) is 18.4 Å². The van der Waals surface area contributed by atoms with Crippen LogP contribution in [-0.2, 0) is 4.84 Å². The molecule has 0 saturated heterocycles. The summed E-state index contributed by atoms with van der Waals surface area (Å²) < 4.78 is 0. The molecule has 1 saturated carbocycles. The van der Waals surface area contributed by atoms with Crippen LogP contribution >= 0.6 is 0 Å². The molecule has 0 spiro atoms. The van der Waals surface area contributed by atoms with Gasteiger partial charge in [0, 0.05) is 11.6 Å². The largest absolute Gasteiger partial charge is 0.399 e. The summed E-state index contributed by atoms with van der Waals surface area (Å²) in [5.41, 5.74) is 1.62. The maximum absolute atomic E-state index is 12.3. The SMILES string of the molecule is CO/N=C/c1ccc(C(=O)NC2CCCCCCC2)cc1. The molecule has 0 heterocycles. The summed E-state index contributed by atoms with van der Waals surface area (Å²) in [5, 5.41) is 6.87. The highest BCUT2D eigenvalue weighted by Gasteiger charge is 2.14. The molecule has 0 radical (unpaired) electrons. The first-order valence-electron chi connectivity index (χ1n) is 7.77. The zero-order valence-electron chi connectivity index (χ0n) is 12.7. The van der Waals surface area contributed by atoms with Crippen LogP contribution in [0.4, 0.5) is 0 Å². The standard InChI is InChI=1S/C17H24N2O2/c1-21-18-13-14-9-11-15(12-10-14)17(20)19-16-7-5-3-2-4-6-8-16/h9-13,16H,2-8H2,1H3,(H,19,20)/b18-13+. The predicted molar refractivity (Wildman–Crippen MR) is 84.6 cm³/mol. The molecule has 4 nitrogen and oxygen atoms in total. The zero-order valence-corrected chi connectivity index (χ0v) is 12.7. The van der Waals surface area contributed by atoms with Crippen LogP contribution in [0.5, 0.6) is 0 Å². The highest BCUT2D eigenvalue weighted by atomic mass is 16.6. The molecular weight excluding hydrogens is 264 g/mol. The molecule has 0 atom stereocenters. The van der Waals surface area contributed by atoms with E-state index in [2.05, 4.69) is 15.3 Å². The molecule has 1 aromatic rings. The average molecular weight is 288 g/mol. The zero-order chi connectivity index (χ0) is 14.9. The number of amides is 1. The number of hydrogen-bond donors (Lipinski definition) is 1. The van der Waals surface area contributed by atoms with Gasteiger partial charge in [0.1, 0.15) is 7.11 Å². The van der Waals surface area contributed by atoms with Gasteiger partial charge in [-0.15, -0.1) is 0 Å². The van der Waals surface area contributed by atoms with Gasteiger partial charge in [-0.3, -0.25) is 4.79 Å². The second-order valence-corrected chi connectivity index (χ2v) is 5.55. The van der Waals surface area contributed by atoms with Crippen molar-refractivity contribution in [1.29, 1.82) is 0 Å². The summed E-state index contributed by atoms with van der Waals surface area (Å²) in [6.45, 7) is 0. The topological polar surface area (TPSA) is 50.7 Å². The third kappa shape index (κ3) is 5.21. The Morgan fingerprint density at radius 2 is 1.76 bits per heavy atom. The molecule has 114 valence electrons. The number of benzene rings is 1. The van der Waals surface area contributed by atoms with E-state index >= 15 is 0 Å². The summed E-state index contributed by atoms with van der Waals surface area (Å²) in [6, 6.07) is 7.72. The van der Waals surface area contributed by atoms with Gasteiger partial charge in [-0.25, -0.2) is 0 Å². The van der Waals surface area contributed by atoms with Crippen LogP contribution in [0.1, 0.15) is 60.9 Å². The minimum absolute atomic E-state index is 0.0239. The fourth-order valence-electron chi connectivity index (χ4n) is 2.70. The first-order valence-corrected chi connectivity index (χ1v) is 7.77. The van der Waals surface area contributed by atoms with Crippen molar-refractivity contribution in [2.45, 2.75) is 51.0 Å². The summed E-state index contributed by atoms with van der Waals surface area (Å²) >= 11 is 0. The molecule has 1 aromatic carbocycles. The summed E-state index contributed by atoms with van der Waals surface area (Å²) in [4.78, 5) is 16.9. The van der Waals surface area contributed by atoms with Crippen molar-refractivity contribution in [3.63, 3.8) is 0 Å². The van der Waals surface area contributed by atoms with Gasteiger partial charge in [0.25, 0.3) is 5.91 Å². The van der Waals surface area contributed by atoms with Crippen LogP contribution in [0.2, 0.25) is 0 Å². The van der Waals surface area contributed by atoms with Crippen LogP contribution in [0.15, 0.2) is 29.4 Å². The van der Waals surface area contributed by atoms with Gasteiger partial charge in [-0.1, -0.05) is 49.4 Å². The van der Waals surface area contributed by atoms with Crippen molar-refractivity contribution in [3.05, 3.63) is 35.4 Å². The van der Waals surface area contributed by atoms with Gasteiger partial charge >= 0.3 is 0 Å². The van der Waals surface area contributed by atoms with E-state index in [1.165, 1.54) is 39.2 Å². The van der Waals surface area contributed by atoms with Crippen LogP contribution in [-0.4, -0.2) is 25.3 Å². The molecule has 1 N–H and O–H groups in total. The Labute approximate surface area is 126 Å². The summed E-state index contributed by atoms with van der Waals surface area (Å²) in [6.07, 6.45) is 10.2. The molecule has 0 aliphatic heterocycles. The van der Waals surface area contributed by atoms with Gasteiger partial charge in [0.15, 0.2) is 0 Å². The molecule has 1 fully saturated rings. The second kappa shape index (κ2) is 8.45. The molecule has 1 amide bonds. The molecule has 2 rings (SSSR count). The molecule has 1 aliphatic rings. The van der Waals surface area contributed by atoms with Crippen LogP contribution in [0, 0.1) is 0 Å². The van der Waals surface area contributed by atoms with E-state index in [0.29, 0.717) is 11.6 Å². The molecule has 0 bridgehead atoms. The second-order valence-electron chi connectivity index (χ2n) is 5.55. The van der Waals surface area contributed by atoms with Crippen molar-refractivity contribution < 1.29 is 9.63 Å². The maximum atomic E-state index is 12.3. The molecular formula is C17H24N2O2. The van der Waals surface area contributed by atoms with Crippen molar-refractivity contribution in [1.82, 2.24) is 5.32 Å². The van der Waals surface area contributed by atoms with Gasteiger partial charge in [-0.05, 0) is 30.5 Å². The normalized spacial score (nSPS) is 17.2. The van der Waals surface area contributed by atoms with Crippen molar-refractivity contribution in [2.24, 2.45) is 5.16 Å². The van der Waals surface area contributed by atoms with Crippen LogP contribution in [0.25, 0.3) is 0 Å². The number of carbonyl (C=O) groups is 1. The minimum Gasteiger partial charge on any atom is -0.399 e. The molecule has 0 aromatic heterocycles. The fraction of sp³-hybridized carbons (Fsp3) is 0.529. The Morgan fingerprint density at radius 3 is 2.38 bits per heavy atom. The minimum atomic E-state index is 0.0239. The van der Waals surface area contributed by atoms with Crippen molar-refractivity contribution in [3.8, 4) is 0 Å². The van der Waals surface area contributed by atoms with Crippen LogP contribution in [0.3, 0.4) is 0 Å². The molecule has 4 heteroatoms. The van der Waals surface area contributed by atoms with Gasteiger partial charge in [0.05, 0.1) is 6.21 Å². The van der Waals surface area contributed by atoms with Gasteiger partial charge < -0.3 is 10.2 Å². The molecule has 0 unspecified atom stereocenters. The third-order valence-corrected chi connectivity index (χ3v) is 3.92. The average Bonchev–Trinajstić information content (AvgIpc) is 2.48. The number of rotatable bonds is 4. The van der Waals surface area contributed by atoms with E-state index in [1.807, 2.05) is 24.3 Å². The van der Waals surface area contributed by atoms with E-state index in [1.54, 1.807) is 6.21 Å². The fourth-order valence-corrected chi connectivity index (χ4v) is 2.70. The lowest BCUT2D eigenvalue weighted by molar-refractivity contribution is 0.0930. The third-order valence-electron chi connectivity index (χ3n) is 3.92. The molecule has 21 heavy (non-hydrogen) atoms. The van der Waals surface area contributed by atoms with Gasteiger partial charge in [0.2, 0.25) is 0 Å². The highest BCUT2D eigenvalue weighted by molar-refractivity contribution is 5.95. The lowest BCUT2D eigenvalue weighted by Crippen LogP contribution is -2.35. The summed E-state index contributed by atoms with van der Waals surface area (Å²) in [5.74, 6) is 0.0239.